The van der Waals surface area contributed by atoms with Crippen LogP contribution in [0.2, 0.25) is 0 Å². The van der Waals surface area contributed by atoms with Crippen LogP contribution in [0.3, 0.4) is 0 Å². The third-order valence-corrected chi connectivity index (χ3v) is 6.27. The molecule has 0 bridgehead atoms. The van der Waals surface area contributed by atoms with Crippen molar-refractivity contribution in [2.24, 2.45) is 0 Å². The quantitative estimate of drug-likeness (QED) is 0.649. The second kappa shape index (κ2) is 9.22. The number of piperidine rings is 1. The minimum atomic E-state index is -0.421. The standard InChI is InChI=1S/C22H21FN4O3S/c1-30-18-7-5-17(6-8-18)24-19(28)21-26-25-20(31-21)14-9-11-27(12-10-14)22(29)15-3-2-4-16(23)13-15/h2-8,13-14H,9-12H2,1H3,(H,24,28). The number of carbonyl (C=O) groups is 2. The van der Waals surface area contributed by atoms with Gasteiger partial charge in [-0.2, -0.15) is 0 Å². The van der Waals surface area contributed by atoms with Gasteiger partial charge in [0.15, 0.2) is 0 Å². The number of likely N-dealkylation sites (tertiary alicyclic amines) is 1. The molecule has 1 aliphatic rings. The molecular weight excluding hydrogens is 419 g/mol. The zero-order chi connectivity index (χ0) is 21.8. The van der Waals surface area contributed by atoms with E-state index in [2.05, 4.69) is 15.5 Å². The summed E-state index contributed by atoms with van der Waals surface area (Å²) in [6.07, 6.45) is 1.44. The fourth-order valence-electron chi connectivity index (χ4n) is 3.48. The first-order valence-electron chi connectivity index (χ1n) is 9.87. The van der Waals surface area contributed by atoms with E-state index in [1.807, 2.05) is 0 Å². The number of halogens is 1. The number of anilines is 1. The van der Waals surface area contributed by atoms with Crippen LogP contribution in [-0.4, -0.2) is 47.1 Å². The van der Waals surface area contributed by atoms with E-state index in [-0.39, 0.29) is 17.7 Å². The van der Waals surface area contributed by atoms with Gasteiger partial charge in [-0.25, -0.2) is 4.39 Å². The van der Waals surface area contributed by atoms with Crippen LogP contribution in [0, 0.1) is 5.82 Å². The first kappa shape index (κ1) is 20.9. The molecule has 1 N–H and O–H groups in total. The third-order valence-electron chi connectivity index (χ3n) is 5.19. The van der Waals surface area contributed by atoms with Gasteiger partial charge in [-0.15, -0.1) is 10.2 Å². The van der Waals surface area contributed by atoms with Gasteiger partial charge in [0.25, 0.3) is 11.8 Å². The number of rotatable bonds is 5. The Bertz CT molecular complexity index is 1080. The molecule has 160 valence electrons. The van der Waals surface area contributed by atoms with Gasteiger partial charge in [0.1, 0.15) is 16.6 Å². The van der Waals surface area contributed by atoms with Crippen LogP contribution in [0.4, 0.5) is 10.1 Å². The largest absolute Gasteiger partial charge is 0.497 e. The number of benzene rings is 2. The van der Waals surface area contributed by atoms with Crippen molar-refractivity contribution < 1.29 is 18.7 Å². The molecule has 9 heteroatoms. The molecule has 0 radical (unpaired) electrons. The van der Waals surface area contributed by atoms with Crippen molar-refractivity contribution in [2.45, 2.75) is 18.8 Å². The molecule has 7 nitrogen and oxygen atoms in total. The van der Waals surface area contributed by atoms with Crippen molar-refractivity contribution in [3.8, 4) is 5.75 Å². The molecule has 1 aromatic heterocycles. The number of ether oxygens (including phenoxy) is 1. The second-order valence-electron chi connectivity index (χ2n) is 7.20. The van der Waals surface area contributed by atoms with E-state index in [9.17, 15) is 14.0 Å². The van der Waals surface area contributed by atoms with E-state index in [1.165, 1.54) is 29.5 Å². The van der Waals surface area contributed by atoms with E-state index in [1.54, 1.807) is 42.3 Å². The summed E-state index contributed by atoms with van der Waals surface area (Å²) >= 11 is 1.27. The first-order chi connectivity index (χ1) is 15.0. The van der Waals surface area contributed by atoms with Crippen LogP contribution in [0.15, 0.2) is 48.5 Å². The highest BCUT2D eigenvalue weighted by molar-refractivity contribution is 7.13. The van der Waals surface area contributed by atoms with E-state index in [0.29, 0.717) is 35.1 Å². The minimum absolute atomic E-state index is 0.136. The molecule has 2 aromatic carbocycles. The zero-order valence-corrected chi connectivity index (χ0v) is 17.7. The molecule has 0 aliphatic carbocycles. The number of aromatic nitrogens is 2. The van der Waals surface area contributed by atoms with Gasteiger partial charge in [0, 0.05) is 30.3 Å². The van der Waals surface area contributed by atoms with Crippen molar-refractivity contribution in [3.63, 3.8) is 0 Å². The predicted octanol–water partition coefficient (Wildman–Crippen LogP) is 3.96. The smallest absolute Gasteiger partial charge is 0.286 e. The van der Waals surface area contributed by atoms with Crippen molar-refractivity contribution >= 4 is 28.8 Å². The number of amides is 2. The Hall–Kier alpha value is -3.33. The minimum Gasteiger partial charge on any atom is -0.497 e. The molecule has 1 saturated heterocycles. The number of hydrogen-bond donors (Lipinski definition) is 1. The van der Waals surface area contributed by atoms with Gasteiger partial charge in [-0.05, 0) is 55.3 Å². The Kier molecular flexibility index (Phi) is 6.22. The SMILES string of the molecule is COc1ccc(NC(=O)c2nnc(C3CCN(C(=O)c4cccc(F)c4)CC3)s2)cc1. The zero-order valence-electron chi connectivity index (χ0n) is 16.9. The molecule has 3 aromatic rings. The topological polar surface area (TPSA) is 84.4 Å². The Morgan fingerprint density at radius 3 is 2.55 bits per heavy atom. The highest BCUT2D eigenvalue weighted by Gasteiger charge is 2.27. The van der Waals surface area contributed by atoms with E-state index in [0.717, 1.165) is 17.8 Å². The summed E-state index contributed by atoms with van der Waals surface area (Å²) in [6.45, 7) is 1.10. The van der Waals surface area contributed by atoms with E-state index < -0.39 is 5.82 Å². The fraction of sp³-hybridized carbons (Fsp3) is 0.273. The number of methoxy groups -OCH3 is 1. The maximum Gasteiger partial charge on any atom is 0.286 e. The maximum atomic E-state index is 13.4. The summed E-state index contributed by atoms with van der Waals surface area (Å²) in [5.41, 5.74) is 0.999. The summed E-state index contributed by atoms with van der Waals surface area (Å²) in [5.74, 6) is -0.0625. The fourth-order valence-corrected chi connectivity index (χ4v) is 4.39. The lowest BCUT2D eigenvalue weighted by Crippen LogP contribution is -2.37. The number of nitrogens with one attached hydrogen (secondary N) is 1. The van der Waals surface area contributed by atoms with E-state index in [4.69, 9.17) is 4.74 Å². The maximum absolute atomic E-state index is 13.4. The monoisotopic (exact) mass is 440 g/mol. The van der Waals surface area contributed by atoms with Gasteiger partial charge in [-0.3, -0.25) is 9.59 Å². The van der Waals surface area contributed by atoms with Crippen molar-refractivity contribution in [1.29, 1.82) is 0 Å². The summed E-state index contributed by atoms with van der Waals surface area (Å²) in [5, 5.41) is 12.1. The molecule has 0 atom stereocenters. The summed E-state index contributed by atoms with van der Waals surface area (Å²) < 4.78 is 18.5. The van der Waals surface area contributed by atoms with Gasteiger partial charge in [-0.1, -0.05) is 17.4 Å². The summed E-state index contributed by atoms with van der Waals surface area (Å²) in [6, 6.07) is 12.8. The Labute approximate surface area is 182 Å². The second-order valence-corrected chi connectivity index (χ2v) is 8.21. The highest BCUT2D eigenvalue weighted by Crippen LogP contribution is 2.31. The van der Waals surface area contributed by atoms with E-state index >= 15 is 0 Å². The van der Waals surface area contributed by atoms with Crippen LogP contribution in [0.25, 0.3) is 0 Å². The first-order valence-corrected chi connectivity index (χ1v) is 10.7. The lowest BCUT2D eigenvalue weighted by atomic mass is 9.97. The van der Waals surface area contributed by atoms with Crippen LogP contribution in [0.1, 0.15) is 43.9 Å². The molecule has 0 unspecified atom stereocenters. The van der Waals surface area contributed by atoms with Gasteiger partial charge in [0.05, 0.1) is 7.11 Å². The number of carbonyl (C=O) groups excluding carboxylic acids is 2. The molecule has 4 rings (SSSR count). The molecule has 0 spiro atoms. The molecule has 1 aliphatic heterocycles. The summed E-state index contributed by atoms with van der Waals surface area (Å²) in [7, 11) is 1.58. The normalized spacial score (nSPS) is 14.3. The predicted molar refractivity (Wildman–Crippen MR) is 115 cm³/mol. The van der Waals surface area contributed by atoms with Crippen LogP contribution in [0.5, 0.6) is 5.75 Å². The van der Waals surface area contributed by atoms with Crippen molar-refractivity contribution in [3.05, 3.63) is 69.9 Å². The Morgan fingerprint density at radius 1 is 1.13 bits per heavy atom. The molecular formula is C22H21FN4O3S. The molecule has 1 fully saturated rings. The van der Waals surface area contributed by atoms with Crippen molar-refractivity contribution in [1.82, 2.24) is 15.1 Å². The van der Waals surface area contributed by atoms with Gasteiger partial charge >= 0.3 is 0 Å². The van der Waals surface area contributed by atoms with Gasteiger partial charge < -0.3 is 15.0 Å². The molecule has 31 heavy (non-hydrogen) atoms. The third kappa shape index (κ3) is 4.88. The highest BCUT2D eigenvalue weighted by atomic mass is 32.1. The average molecular weight is 441 g/mol. The molecule has 2 heterocycles. The molecule has 0 saturated carbocycles. The van der Waals surface area contributed by atoms with Crippen molar-refractivity contribution in [2.75, 3.05) is 25.5 Å². The average Bonchev–Trinajstić information content (AvgIpc) is 3.30. The van der Waals surface area contributed by atoms with Gasteiger partial charge in [0.2, 0.25) is 5.01 Å². The lowest BCUT2D eigenvalue weighted by Gasteiger charge is -2.31. The Morgan fingerprint density at radius 2 is 1.87 bits per heavy atom. The number of nitrogens with zero attached hydrogens (tertiary/aromatic N) is 3. The Balaban J connectivity index is 1.34. The molecule has 2 amide bonds. The lowest BCUT2D eigenvalue weighted by molar-refractivity contribution is 0.0712. The number of hydrogen-bond acceptors (Lipinski definition) is 6. The van der Waals surface area contributed by atoms with Crippen LogP contribution in [-0.2, 0) is 0 Å². The van der Waals surface area contributed by atoms with Crippen LogP contribution < -0.4 is 10.1 Å². The summed E-state index contributed by atoms with van der Waals surface area (Å²) in [4.78, 5) is 26.8. The van der Waals surface area contributed by atoms with Crippen LogP contribution >= 0.6 is 11.3 Å².